The molecule has 0 saturated heterocycles. The van der Waals surface area contributed by atoms with Crippen LogP contribution in [0.25, 0.3) is 0 Å². The Morgan fingerprint density at radius 2 is 1.81 bits per heavy atom. The molecule has 0 saturated carbocycles. The maximum Gasteiger partial charge on any atom is 0.222 e. The first kappa shape index (κ1) is 14.7. The fourth-order valence-corrected chi connectivity index (χ4v) is 1.29. The van der Waals surface area contributed by atoms with Crippen LogP contribution in [0.1, 0.15) is 18.5 Å². The summed E-state index contributed by atoms with van der Waals surface area (Å²) in [4.78, 5) is 11.0. The van der Waals surface area contributed by atoms with Gasteiger partial charge in [-0.15, -0.1) is 12.4 Å². The van der Waals surface area contributed by atoms with Crippen molar-refractivity contribution in [2.24, 2.45) is 17.4 Å². The molecule has 4 nitrogen and oxygen atoms in total. The van der Waals surface area contributed by atoms with Crippen LogP contribution in [0.5, 0.6) is 5.75 Å². The van der Waals surface area contributed by atoms with Crippen molar-refractivity contribution in [2.75, 3.05) is 7.11 Å². The van der Waals surface area contributed by atoms with Gasteiger partial charge in [0.1, 0.15) is 5.75 Å². The molecule has 0 heterocycles. The lowest BCUT2D eigenvalue weighted by molar-refractivity contribution is -0.121. The molecule has 90 valence electrons. The van der Waals surface area contributed by atoms with E-state index in [9.17, 15) is 4.79 Å². The van der Waals surface area contributed by atoms with Crippen LogP contribution in [0.4, 0.5) is 0 Å². The fourth-order valence-electron chi connectivity index (χ4n) is 1.29. The lowest BCUT2D eigenvalue weighted by Gasteiger charge is -2.17. The second kappa shape index (κ2) is 6.35. The summed E-state index contributed by atoms with van der Waals surface area (Å²) in [5, 5.41) is 0. The third kappa shape index (κ3) is 3.40. The number of rotatable bonds is 4. The molecule has 0 aliphatic rings. The van der Waals surface area contributed by atoms with Gasteiger partial charge in [-0.2, -0.15) is 0 Å². The number of benzene rings is 1. The second-order valence-corrected chi connectivity index (χ2v) is 3.49. The Balaban J connectivity index is 0.00000225. The maximum atomic E-state index is 11.0. The molecule has 2 unspecified atom stereocenters. The van der Waals surface area contributed by atoms with Gasteiger partial charge in [-0.3, -0.25) is 4.79 Å². The first-order valence-electron chi connectivity index (χ1n) is 4.75. The average molecular weight is 245 g/mol. The lowest BCUT2D eigenvalue weighted by atomic mass is 9.95. The summed E-state index contributed by atoms with van der Waals surface area (Å²) in [5.74, 6) is -0.00519. The normalized spacial score (nSPS) is 13.4. The molecule has 0 fully saturated rings. The van der Waals surface area contributed by atoms with E-state index in [1.807, 2.05) is 24.3 Å². The van der Waals surface area contributed by atoms with Crippen LogP contribution >= 0.6 is 12.4 Å². The number of nitrogens with two attached hydrogens (primary N) is 2. The van der Waals surface area contributed by atoms with Crippen molar-refractivity contribution >= 4 is 18.3 Å². The Labute approximate surface area is 101 Å². The van der Waals surface area contributed by atoms with Crippen LogP contribution in [-0.4, -0.2) is 13.0 Å². The molecule has 0 radical (unpaired) electrons. The molecule has 0 bridgehead atoms. The molecule has 4 N–H and O–H groups in total. The Bertz CT molecular complexity index is 340. The number of amides is 1. The predicted molar refractivity (Wildman–Crippen MR) is 65.5 cm³/mol. The molecular formula is C11H17ClN2O2. The molecule has 1 aromatic carbocycles. The lowest BCUT2D eigenvalue weighted by Crippen LogP contribution is -2.30. The summed E-state index contributed by atoms with van der Waals surface area (Å²) >= 11 is 0. The Kier molecular flexibility index (Phi) is 5.85. The zero-order chi connectivity index (χ0) is 11.4. The first-order chi connectivity index (χ1) is 7.06. The highest BCUT2D eigenvalue weighted by Gasteiger charge is 2.19. The quantitative estimate of drug-likeness (QED) is 0.837. The summed E-state index contributed by atoms with van der Waals surface area (Å²) in [6, 6.07) is 6.92. The van der Waals surface area contributed by atoms with Gasteiger partial charge in [0.05, 0.1) is 13.0 Å². The predicted octanol–water partition coefficient (Wildman–Crippen LogP) is 1.24. The fraction of sp³-hybridized carbons (Fsp3) is 0.364. The molecule has 1 amide bonds. The third-order valence-corrected chi connectivity index (χ3v) is 2.49. The minimum atomic E-state index is -0.390. The molecule has 0 aliphatic carbocycles. The van der Waals surface area contributed by atoms with Crippen LogP contribution in [0, 0.1) is 5.92 Å². The maximum absolute atomic E-state index is 11.0. The Morgan fingerprint density at radius 1 is 1.31 bits per heavy atom. The van der Waals surface area contributed by atoms with Crippen LogP contribution in [0.15, 0.2) is 24.3 Å². The highest BCUT2D eigenvalue weighted by Crippen LogP contribution is 2.21. The van der Waals surface area contributed by atoms with Crippen LogP contribution in [0.3, 0.4) is 0 Å². The van der Waals surface area contributed by atoms with Crippen molar-refractivity contribution in [3.8, 4) is 5.75 Å². The van der Waals surface area contributed by atoms with Crippen molar-refractivity contribution in [3.63, 3.8) is 0 Å². The monoisotopic (exact) mass is 244 g/mol. The Hall–Kier alpha value is -1.26. The van der Waals surface area contributed by atoms with Gasteiger partial charge in [0.15, 0.2) is 0 Å². The van der Waals surface area contributed by atoms with Gasteiger partial charge in [0.25, 0.3) is 0 Å². The second-order valence-electron chi connectivity index (χ2n) is 3.49. The topological polar surface area (TPSA) is 78.3 Å². The summed E-state index contributed by atoms with van der Waals surface area (Å²) in [5.41, 5.74) is 12.0. The molecule has 16 heavy (non-hydrogen) atoms. The number of primary amides is 1. The van der Waals surface area contributed by atoms with Gasteiger partial charge in [-0.05, 0) is 17.7 Å². The average Bonchev–Trinajstić information content (AvgIpc) is 2.27. The van der Waals surface area contributed by atoms with Gasteiger partial charge < -0.3 is 16.2 Å². The van der Waals surface area contributed by atoms with E-state index < -0.39 is 5.91 Å². The van der Waals surface area contributed by atoms with E-state index in [0.29, 0.717) is 0 Å². The number of carbonyl (C=O) groups is 1. The van der Waals surface area contributed by atoms with E-state index in [2.05, 4.69) is 0 Å². The minimum Gasteiger partial charge on any atom is -0.497 e. The largest absolute Gasteiger partial charge is 0.497 e. The van der Waals surface area contributed by atoms with Gasteiger partial charge >= 0.3 is 0 Å². The van der Waals surface area contributed by atoms with Crippen LogP contribution in [-0.2, 0) is 4.79 Å². The highest BCUT2D eigenvalue weighted by molar-refractivity contribution is 5.85. The van der Waals surface area contributed by atoms with E-state index in [-0.39, 0.29) is 24.4 Å². The molecule has 1 rings (SSSR count). The van der Waals surface area contributed by atoms with E-state index in [1.165, 1.54) is 0 Å². The van der Waals surface area contributed by atoms with E-state index in [4.69, 9.17) is 16.2 Å². The summed E-state index contributed by atoms with van der Waals surface area (Å²) < 4.78 is 5.02. The number of ether oxygens (including phenoxy) is 1. The van der Waals surface area contributed by atoms with Gasteiger partial charge in [0, 0.05) is 6.04 Å². The summed E-state index contributed by atoms with van der Waals surface area (Å²) in [6.45, 7) is 1.72. The van der Waals surface area contributed by atoms with Gasteiger partial charge in [-0.1, -0.05) is 19.1 Å². The zero-order valence-electron chi connectivity index (χ0n) is 9.34. The van der Waals surface area contributed by atoms with E-state index >= 15 is 0 Å². The standard InChI is InChI=1S/C11H16N2O2.ClH/c1-7(11(13)14)10(12)8-3-5-9(15-2)6-4-8;/h3-7,10H,12H2,1-2H3,(H2,13,14);1H. The van der Waals surface area contributed by atoms with Crippen molar-refractivity contribution in [3.05, 3.63) is 29.8 Å². The zero-order valence-corrected chi connectivity index (χ0v) is 10.2. The van der Waals surface area contributed by atoms with Gasteiger partial charge in [-0.25, -0.2) is 0 Å². The minimum absolute atomic E-state index is 0. The number of halogens is 1. The first-order valence-corrected chi connectivity index (χ1v) is 4.75. The SMILES string of the molecule is COc1ccc(C(N)C(C)C(N)=O)cc1.Cl. The smallest absolute Gasteiger partial charge is 0.222 e. The number of methoxy groups -OCH3 is 1. The number of hydrogen-bond donors (Lipinski definition) is 2. The van der Waals surface area contributed by atoms with Crippen LogP contribution < -0.4 is 16.2 Å². The number of carbonyl (C=O) groups excluding carboxylic acids is 1. The van der Waals surface area contributed by atoms with Crippen molar-refractivity contribution in [1.82, 2.24) is 0 Å². The molecule has 0 aliphatic heterocycles. The van der Waals surface area contributed by atoms with Crippen molar-refractivity contribution in [1.29, 1.82) is 0 Å². The van der Waals surface area contributed by atoms with Crippen molar-refractivity contribution < 1.29 is 9.53 Å². The number of hydrogen-bond acceptors (Lipinski definition) is 3. The molecule has 5 heteroatoms. The molecular weight excluding hydrogens is 228 g/mol. The summed E-state index contributed by atoms with van der Waals surface area (Å²) in [6.07, 6.45) is 0. The molecule has 0 aromatic heterocycles. The Morgan fingerprint density at radius 3 is 2.19 bits per heavy atom. The highest BCUT2D eigenvalue weighted by atomic mass is 35.5. The molecule has 2 atom stereocenters. The van der Waals surface area contributed by atoms with E-state index in [0.717, 1.165) is 11.3 Å². The van der Waals surface area contributed by atoms with Crippen molar-refractivity contribution in [2.45, 2.75) is 13.0 Å². The molecule has 1 aromatic rings. The summed E-state index contributed by atoms with van der Waals surface area (Å²) in [7, 11) is 1.60. The van der Waals surface area contributed by atoms with Crippen LogP contribution in [0.2, 0.25) is 0 Å². The van der Waals surface area contributed by atoms with Gasteiger partial charge in [0.2, 0.25) is 5.91 Å². The molecule has 0 spiro atoms. The van der Waals surface area contributed by atoms with E-state index in [1.54, 1.807) is 14.0 Å². The third-order valence-electron chi connectivity index (χ3n) is 2.49.